The molecule has 0 amide bonds. The van der Waals surface area contributed by atoms with Gasteiger partial charge in [-0.3, -0.25) is 4.79 Å². The van der Waals surface area contributed by atoms with Crippen LogP contribution >= 0.6 is 22.7 Å². The summed E-state index contributed by atoms with van der Waals surface area (Å²) in [4.78, 5) is 17.0. The Morgan fingerprint density at radius 1 is 1.25 bits per heavy atom. The summed E-state index contributed by atoms with van der Waals surface area (Å²) < 4.78 is 2.78. The van der Waals surface area contributed by atoms with Crippen LogP contribution in [0.2, 0.25) is 0 Å². The molecular formula is C15H16N2OS2. The summed E-state index contributed by atoms with van der Waals surface area (Å²) in [6.45, 7) is 6.99. The van der Waals surface area contributed by atoms with Crippen molar-refractivity contribution in [3.63, 3.8) is 0 Å². The molecule has 3 aromatic rings. The number of nitrogens with zero attached hydrogens (tertiary/aromatic N) is 2. The lowest BCUT2D eigenvalue weighted by atomic mass is 9.93. The summed E-state index contributed by atoms with van der Waals surface area (Å²) in [7, 11) is 0. The fourth-order valence-corrected chi connectivity index (χ4v) is 3.80. The maximum Gasteiger partial charge on any atom is 0.259 e. The molecule has 0 aliphatic heterocycles. The van der Waals surface area contributed by atoms with E-state index in [9.17, 15) is 4.79 Å². The Morgan fingerprint density at radius 2 is 2.05 bits per heavy atom. The van der Waals surface area contributed by atoms with Gasteiger partial charge in [-0.15, -0.1) is 22.7 Å². The van der Waals surface area contributed by atoms with Gasteiger partial charge in [0.05, 0.1) is 17.6 Å². The summed E-state index contributed by atoms with van der Waals surface area (Å²) in [5, 5.41) is 5.82. The van der Waals surface area contributed by atoms with Gasteiger partial charge in [0.2, 0.25) is 0 Å². The SMILES string of the molecule is CC(C)(C)c1csc(Cn2ccc3sccc3c2=O)n1. The minimum Gasteiger partial charge on any atom is -0.308 e. The lowest BCUT2D eigenvalue weighted by Crippen LogP contribution is -2.19. The van der Waals surface area contributed by atoms with Crippen LogP contribution in [0.3, 0.4) is 0 Å². The van der Waals surface area contributed by atoms with E-state index in [-0.39, 0.29) is 11.0 Å². The largest absolute Gasteiger partial charge is 0.308 e. The smallest absolute Gasteiger partial charge is 0.259 e. The Kier molecular flexibility index (Phi) is 3.26. The number of pyridine rings is 1. The highest BCUT2D eigenvalue weighted by atomic mass is 32.1. The highest BCUT2D eigenvalue weighted by molar-refractivity contribution is 7.17. The van der Waals surface area contributed by atoms with Crippen LogP contribution in [0.5, 0.6) is 0 Å². The number of thiophene rings is 1. The molecule has 3 nitrogen and oxygen atoms in total. The minimum absolute atomic E-state index is 0.0526. The molecule has 0 spiro atoms. The minimum atomic E-state index is 0.0526. The van der Waals surface area contributed by atoms with E-state index in [1.54, 1.807) is 27.2 Å². The molecule has 0 saturated carbocycles. The zero-order chi connectivity index (χ0) is 14.3. The molecule has 0 saturated heterocycles. The lowest BCUT2D eigenvalue weighted by Gasteiger charge is -2.14. The Labute approximate surface area is 125 Å². The van der Waals surface area contributed by atoms with Crippen LogP contribution in [0.4, 0.5) is 0 Å². The van der Waals surface area contributed by atoms with Crippen LogP contribution in [0, 0.1) is 0 Å². The first-order chi connectivity index (χ1) is 9.45. The normalized spacial score (nSPS) is 12.2. The summed E-state index contributed by atoms with van der Waals surface area (Å²) in [5.74, 6) is 0. The van der Waals surface area contributed by atoms with Crippen LogP contribution in [-0.2, 0) is 12.0 Å². The number of thiazole rings is 1. The predicted molar refractivity (Wildman–Crippen MR) is 86.0 cm³/mol. The van der Waals surface area contributed by atoms with Gasteiger partial charge in [-0.05, 0) is 17.5 Å². The van der Waals surface area contributed by atoms with Crippen LogP contribution in [0.1, 0.15) is 31.5 Å². The van der Waals surface area contributed by atoms with Crippen molar-refractivity contribution in [2.24, 2.45) is 0 Å². The molecule has 3 heterocycles. The Balaban J connectivity index is 1.95. The summed E-state index contributed by atoms with van der Waals surface area (Å²) in [5.41, 5.74) is 1.20. The Morgan fingerprint density at radius 3 is 2.75 bits per heavy atom. The summed E-state index contributed by atoms with van der Waals surface area (Å²) >= 11 is 3.22. The van der Waals surface area contributed by atoms with Crippen LogP contribution < -0.4 is 5.56 Å². The number of rotatable bonds is 2. The van der Waals surface area contributed by atoms with Crippen LogP contribution in [-0.4, -0.2) is 9.55 Å². The molecule has 3 aromatic heterocycles. The summed E-state index contributed by atoms with van der Waals surface area (Å²) in [6, 6.07) is 3.89. The second kappa shape index (κ2) is 4.82. The first-order valence-electron chi connectivity index (χ1n) is 6.47. The molecule has 0 atom stereocenters. The van der Waals surface area contributed by atoms with E-state index in [1.807, 2.05) is 23.7 Å². The van der Waals surface area contributed by atoms with E-state index in [0.29, 0.717) is 6.54 Å². The standard InChI is InChI=1S/C15H16N2OS2/c1-15(2,3)12-9-20-13(16-12)8-17-6-4-11-10(14(17)18)5-7-19-11/h4-7,9H,8H2,1-3H3. The fourth-order valence-electron chi connectivity index (χ4n) is 2.01. The van der Waals surface area contributed by atoms with E-state index in [1.165, 1.54) is 0 Å². The van der Waals surface area contributed by atoms with Crippen molar-refractivity contribution in [1.29, 1.82) is 0 Å². The van der Waals surface area contributed by atoms with Crippen molar-refractivity contribution in [2.75, 3.05) is 0 Å². The molecule has 104 valence electrons. The molecule has 3 rings (SSSR count). The van der Waals surface area contributed by atoms with Crippen molar-refractivity contribution >= 4 is 32.8 Å². The quantitative estimate of drug-likeness (QED) is 0.720. The van der Waals surface area contributed by atoms with E-state index < -0.39 is 0 Å². The average molecular weight is 304 g/mol. The zero-order valence-electron chi connectivity index (χ0n) is 11.7. The predicted octanol–water partition coefficient (Wildman–Crippen LogP) is 3.87. The first-order valence-corrected chi connectivity index (χ1v) is 8.22. The van der Waals surface area contributed by atoms with E-state index in [2.05, 4.69) is 31.1 Å². The lowest BCUT2D eigenvalue weighted by molar-refractivity contribution is 0.569. The first kappa shape index (κ1) is 13.5. The number of hydrogen-bond acceptors (Lipinski definition) is 4. The molecular weight excluding hydrogens is 288 g/mol. The molecule has 5 heteroatoms. The highest BCUT2D eigenvalue weighted by Crippen LogP contribution is 2.24. The van der Waals surface area contributed by atoms with Gasteiger partial charge < -0.3 is 4.57 Å². The van der Waals surface area contributed by atoms with Crippen molar-refractivity contribution in [2.45, 2.75) is 32.7 Å². The number of aromatic nitrogens is 2. The van der Waals surface area contributed by atoms with Crippen LogP contribution in [0.25, 0.3) is 10.1 Å². The van der Waals surface area contributed by atoms with Gasteiger partial charge in [0.1, 0.15) is 5.01 Å². The van der Waals surface area contributed by atoms with Gasteiger partial charge >= 0.3 is 0 Å². The number of hydrogen-bond donors (Lipinski definition) is 0. The third kappa shape index (κ3) is 2.43. The maximum absolute atomic E-state index is 12.3. The molecule has 20 heavy (non-hydrogen) atoms. The maximum atomic E-state index is 12.3. The molecule has 0 aromatic carbocycles. The van der Waals surface area contributed by atoms with Gasteiger partial charge in [0.15, 0.2) is 0 Å². The molecule has 0 radical (unpaired) electrons. The van der Waals surface area contributed by atoms with E-state index in [4.69, 9.17) is 0 Å². The molecule has 0 unspecified atom stereocenters. The van der Waals surface area contributed by atoms with Crippen molar-refractivity contribution in [3.05, 3.63) is 50.1 Å². The second-order valence-electron chi connectivity index (χ2n) is 5.82. The van der Waals surface area contributed by atoms with Crippen molar-refractivity contribution in [3.8, 4) is 0 Å². The molecule has 0 N–H and O–H groups in total. The topological polar surface area (TPSA) is 34.9 Å². The fraction of sp³-hybridized carbons (Fsp3) is 0.333. The monoisotopic (exact) mass is 304 g/mol. The molecule has 0 bridgehead atoms. The van der Waals surface area contributed by atoms with Crippen LogP contribution in [0.15, 0.2) is 33.9 Å². The van der Waals surface area contributed by atoms with Gasteiger partial charge in [0, 0.05) is 21.7 Å². The van der Waals surface area contributed by atoms with Gasteiger partial charge in [-0.1, -0.05) is 20.8 Å². The van der Waals surface area contributed by atoms with Gasteiger partial charge in [-0.2, -0.15) is 0 Å². The third-order valence-corrected chi connectivity index (χ3v) is 4.93. The zero-order valence-corrected chi connectivity index (χ0v) is 13.3. The van der Waals surface area contributed by atoms with E-state index >= 15 is 0 Å². The van der Waals surface area contributed by atoms with Crippen molar-refractivity contribution < 1.29 is 0 Å². The average Bonchev–Trinajstić information content (AvgIpc) is 3.01. The van der Waals surface area contributed by atoms with Gasteiger partial charge in [0.25, 0.3) is 5.56 Å². The Hall–Kier alpha value is -1.46. The Bertz CT molecular complexity index is 805. The molecule has 0 fully saturated rings. The van der Waals surface area contributed by atoms with Crippen molar-refractivity contribution in [1.82, 2.24) is 9.55 Å². The molecule has 0 aliphatic rings. The molecule has 0 aliphatic carbocycles. The third-order valence-electron chi connectivity index (χ3n) is 3.22. The summed E-state index contributed by atoms with van der Waals surface area (Å²) in [6.07, 6.45) is 1.86. The van der Waals surface area contributed by atoms with E-state index in [0.717, 1.165) is 20.8 Å². The van der Waals surface area contributed by atoms with Gasteiger partial charge in [-0.25, -0.2) is 4.98 Å². The number of fused-ring (bicyclic) bond motifs is 1. The second-order valence-corrected chi connectivity index (χ2v) is 7.71. The highest BCUT2D eigenvalue weighted by Gasteiger charge is 2.17.